The highest BCUT2D eigenvalue weighted by atomic mass is 32.1. The molecule has 4 atom stereocenters. The van der Waals surface area contributed by atoms with Crippen LogP contribution >= 0.6 is 12.2 Å². The van der Waals surface area contributed by atoms with Crippen LogP contribution in [0.15, 0.2) is 0 Å². The van der Waals surface area contributed by atoms with E-state index in [0.29, 0.717) is 12.5 Å². The minimum absolute atomic E-state index is 0.0408. The molecule has 3 N–H and O–H groups in total. The number of hydrogen-bond acceptors (Lipinski definition) is 3. The first kappa shape index (κ1) is 13.7. The van der Waals surface area contributed by atoms with Crippen LogP contribution in [0.5, 0.6) is 0 Å². The second-order valence-corrected chi connectivity index (χ2v) is 6.41. The van der Waals surface area contributed by atoms with Crippen LogP contribution in [0.1, 0.15) is 26.7 Å². The standard InChI is InChI=1S/C13H22N2O2S/c1-7(2)11(12(14)18)13(17)15-5-8-3-4-10(16)9(8)6-15/h7-11,16H,3-6H2,1-2H3,(H2,14,18). The minimum Gasteiger partial charge on any atom is -0.393 e. The maximum Gasteiger partial charge on any atom is 0.232 e. The lowest BCUT2D eigenvalue weighted by molar-refractivity contribution is -0.133. The van der Waals surface area contributed by atoms with Crippen molar-refractivity contribution < 1.29 is 9.90 Å². The number of rotatable bonds is 3. The Kier molecular flexibility index (Phi) is 3.92. The van der Waals surface area contributed by atoms with Crippen molar-refractivity contribution in [3.8, 4) is 0 Å². The summed E-state index contributed by atoms with van der Waals surface area (Å²) >= 11 is 5.01. The summed E-state index contributed by atoms with van der Waals surface area (Å²) in [5.74, 6) is 0.520. The number of likely N-dealkylation sites (tertiary alicyclic amines) is 1. The molecule has 0 aromatic rings. The van der Waals surface area contributed by atoms with Gasteiger partial charge < -0.3 is 15.7 Å². The van der Waals surface area contributed by atoms with E-state index in [4.69, 9.17) is 18.0 Å². The van der Waals surface area contributed by atoms with Crippen LogP contribution in [0, 0.1) is 23.7 Å². The number of amides is 1. The minimum atomic E-state index is -0.365. The lowest BCUT2D eigenvalue weighted by Gasteiger charge is -2.26. The van der Waals surface area contributed by atoms with Gasteiger partial charge in [0, 0.05) is 19.0 Å². The first-order valence-corrected chi connectivity index (χ1v) is 7.08. The lowest BCUT2D eigenvalue weighted by Crippen LogP contribution is -2.43. The molecule has 0 aromatic heterocycles. The second-order valence-electron chi connectivity index (χ2n) is 5.94. The Morgan fingerprint density at radius 3 is 2.56 bits per heavy atom. The number of fused-ring (bicyclic) bond motifs is 1. The first-order valence-electron chi connectivity index (χ1n) is 6.68. The van der Waals surface area contributed by atoms with Gasteiger partial charge in [-0.2, -0.15) is 0 Å². The van der Waals surface area contributed by atoms with E-state index in [1.54, 1.807) is 0 Å². The number of carbonyl (C=O) groups is 1. The molecule has 2 aliphatic rings. The van der Waals surface area contributed by atoms with Crippen LogP contribution in [0.2, 0.25) is 0 Å². The van der Waals surface area contributed by atoms with Crippen LogP contribution in [0.25, 0.3) is 0 Å². The fourth-order valence-electron chi connectivity index (χ4n) is 3.35. The van der Waals surface area contributed by atoms with Crippen molar-refractivity contribution in [3.63, 3.8) is 0 Å². The number of carbonyl (C=O) groups excluding carboxylic acids is 1. The van der Waals surface area contributed by atoms with E-state index in [-0.39, 0.29) is 34.8 Å². The van der Waals surface area contributed by atoms with Crippen molar-refractivity contribution in [1.29, 1.82) is 0 Å². The SMILES string of the molecule is CC(C)C(C(=O)N1CC2CCC(O)C2C1)C(N)=S. The number of hydrogen-bond donors (Lipinski definition) is 2. The van der Waals surface area contributed by atoms with Crippen LogP contribution in [0.4, 0.5) is 0 Å². The topological polar surface area (TPSA) is 66.6 Å². The van der Waals surface area contributed by atoms with E-state index in [1.807, 2.05) is 18.7 Å². The van der Waals surface area contributed by atoms with Crippen LogP contribution in [-0.4, -0.2) is 40.1 Å². The molecular weight excluding hydrogens is 248 g/mol. The zero-order valence-electron chi connectivity index (χ0n) is 11.0. The van der Waals surface area contributed by atoms with Crippen LogP contribution in [-0.2, 0) is 4.79 Å². The zero-order chi connectivity index (χ0) is 13.4. The van der Waals surface area contributed by atoms with Gasteiger partial charge in [0.15, 0.2) is 0 Å². The van der Waals surface area contributed by atoms with Crippen molar-refractivity contribution in [2.75, 3.05) is 13.1 Å². The maximum absolute atomic E-state index is 12.4. The van der Waals surface area contributed by atoms with Gasteiger partial charge >= 0.3 is 0 Å². The fraction of sp³-hybridized carbons (Fsp3) is 0.846. The molecule has 0 spiro atoms. The Balaban J connectivity index is 2.05. The normalized spacial score (nSPS) is 32.7. The molecule has 1 heterocycles. The van der Waals surface area contributed by atoms with Gasteiger partial charge in [-0.1, -0.05) is 26.1 Å². The van der Waals surface area contributed by atoms with Crippen molar-refractivity contribution in [2.24, 2.45) is 29.4 Å². The van der Waals surface area contributed by atoms with Gasteiger partial charge in [0.1, 0.15) is 0 Å². The molecule has 1 aliphatic heterocycles. The molecule has 0 radical (unpaired) electrons. The number of aliphatic hydroxyl groups excluding tert-OH is 1. The van der Waals surface area contributed by atoms with Gasteiger partial charge in [-0.3, -0.25) is 4.79 Å². The summed E-state index contributed by atoms with van der Waals surface area (Å²) in [6, 6.07) is 0. The molecule has 2 fully saturated rings. The van der Waals surface area contributed by atoms with E-state index in [0.717, 1.165) is 19.4 Å². The van der Waals surface area contributed by atoms with Gasteiger partial charge in [0.2, 0.25) is 5.91 Å². The third-order valence-corrected chi connectivity index (χ3v) is 4.62. The van der Waals surface area contributed by atoms with E-state index >= 15 is 0 Å². The summed E-state index contributed by atoms with van der Waals surface area (Å²) in [6.45, 7) is 5.35. The quantitative estimate of drug-likeness (QED) is 0.744. The zero-order valence-corrected chi connectivity index (χ0v) is 11.8. The number of aliphatic hydroxyl groups is 1. The summed E-state index contributed by atoms with van der Waals surface area (Å²) in [6.07, 6.45) is 1.66. The fourth-order valence-corrected chi connectivity index (χ4v) is 3.72. The molecule has 4 unspecified atom stereocenters. The highest BCUT2D eigenvalue weighted by Crippen LogP contribution is 2.38. The monoisotopic (exact) mass is 270 g/mol. The van der Waals surface area contributed by atoms with Gasteiger partial charge in [-0.25, -0.2) is 0 Å². The highest BCUT2D eigenvalue weighted by Gasteiger charge is 2.44. The van der Waals surface area contributed by atoms with Gasteiger partial charge in [-0.15, -0.1) is 0 Å². The molecule has 5 heteroatoms. The van der Waals surface area contributed by atoms with Crippen molar-refractivity contribution in [3.05, 3.63) is 0 Å². The van der Waals surface area contributed by atoms with E-state index in [9.17, 15) is 9.90 Å². The smallest absolute Gasteiger partial charge is 0.232 e. The van der Waals surface area contributed by atoms with Crippen molar-refractivity contribution in [2.45, 2.75) is 32.8 Å². The summed E-state index contributed by atoms with van der Waals surface area (Å²) in [4.78, 5) is 14.6. The molecule has 1 aliphatic carbocycles. The molecule has 1 saturated carbocycles. The Morgan fingerprint density at radius 2 is 2.06 bits per heavy atom. The molecule has 4 nitrogen and oxygen atoms in total. The van der Waals surface area contributed by atoms with E-state index in [2.05, 4.69) is 0 Å². The van der Waals surface area contributed by atoms with Crippen LogP contribution < -0.4 is 5.73 Å². The average molecular weight is 270 g/mol. The first-order chi connectivity index (χ1) is 8.41. The number of thiocarbonyl (C=S) groups is 1. The maximum atomic E-state index is 12.4. The van der Waals surface area contributed by atoms with E-state index in [1.165, 1.54) is 0 Å². The number of nitrogens with zero attached hydrogens (tertiary/aromatic N) is 1. The molecule has 18 heavy (non-hydrogen) atoms. The summed E-state index contributed by atoms with van der Waals surface area (Å²) in [5, 5.41) is 9.87. The lowest BCUT2D eigenvalue weighted by atomic mass is 9.94. The number of nitrogens with two attached hydrogens (primary N) is 1. The molecule has 0 aromatic carbocycles. The van der Waals surface area contributed by atoms with E-state index < -0.39 is 0 Å². The summed E-state index contributed by atoms with van der Waals surface area (Å²) < 4.78 is 0. The predicted molar refractivity (Wildman–Crippen MR) is 73.9 cm³/mol. The third-order valence-electron chi connectivity index (χ3n) is 4.37. The largest absolute Gasteiger partial charge is 0.393 e. The Labute approximate surface area is 114 Å². The van der Waals surface area contributed by atoms with Gasteiger partial charge in [0.25, 0.3) is 0 Å². The average Bonchev–Trinajstić information content (AvgIpc) is 2.80. The third kappa shape index (κ3) is 2.38. The Hall–Kier alpha value is -0.680. The van der Waals surface area contributed by atoms with Crippen LogP contribution in [0.3, 0.4) is 0 Å². The Morgan fingerprint density at radius 1 is 1.39 bits per heavy atom. The second kappa shape index (κ2) is 5.13. The van der Waals surface area contributed by atoms with Crippen molar-refractivity contribution >= 4 is 23.1 Å². The van der Waals surface area contributed by atoms with Gasteiger partial charge in [0.05, 0.1) is 17.0 Å². The van der Waals surface area contributed by atoms with Crippen molar-refractivity contribution in [1.82, 2.24) is 4.90 Å². The summed E-state index contributed by atoms with van der Waals surface area (Å²) in [7, 11) is 0. The molecule has 102 valence electrons. The predicted octanol–water partition coefficient (Wildman–Crippen LogP) is 0.774. The molecular formula is C13H22N2O2S. The summed E-state index contributed by atoms with van der Waals surface area (Å²) in [5.41, 5.74) is 5.68. The molecule has 0 bridgehead atoms. The Bertz CT molecular complexity index is 359. The van der Waals surface area contributed by atoms with Gasteiger partial charge in [-0.05, 0) is 24.7 Å². The molecule has 1 amide bonds. The molecule has 1 saturated heterocycles. The highest BCUT2D eigenvalue weighted by molar-refractivity contribution is 7.80. The molecule has 2 rings (SSSR count).